The zero-order chi connectivity index (χ0) is 7.72. The van der Waals surface area contributed by atoms with Crippen LogP contribution in [0.5, 0.6) is 0 Å². The number of halogens is 4. The first-order valence-electron chi connectivity index (χ1n) is 2.41. The third-order valence-corrected chi connectivity index (χ3v) is 4.61. The number of hydrogen-bond donors (Lipinski definition) is 0. The van der Waals surface area contributed by atoms with Gasteiger partial charge in [-0.1, -0.05) is 11.6 Å². The average Bonchev–Trinajstić information content (AvgIpc) is 1.82. The second kappa shape index (κ2) is 3.53. The van der Waals surface area contributed by atoms with Gasteiger partial charge in [-0.05, 0) is 57.3 Å². The third kappa shape index (κ3) is 1.94. The normalized spacial score (nSPS) is 10.0. The van der Waals surface area contributed by atoms with E-state index in [1.807, 2.05) is 22.6 Å². The van der Waals surface area contributed by atoms with Gasteiger partial charge in [0.25, 0.3) is 0 Å². The lowest BCUT2D eigenvalue weighted by Gasteiger charge is -1.97. The molecule has 0 aliphatic heterocycles. The first-order chi connectivity index (χ1) is 4.61. The van der Waals surface area contributed by atoms with E-state index in [0.717, 1.165) is 7.14 Å². The van der Waals surface area contributed by atoms with Gasteiger partial charge in [0.1, 0.15) is 5.82 Å². The monoisotopic (exact) mass is 382 g/mol. The van der Waals surface area contributed by atoms with Crippen molar-refractivity contribution < 1.29 is 4.39 Å². The molecule has 0 aliphatic rings. The molecule has 0 aromatic heterocycles. The van der Waals surface area contributed by atoms with Crippen LogP contribution in [-0.2, 0) is 0 Å². The lowest BCUT2D eigenvalue weighted by Crippen LogP contribution is -1.83. The second-order valence-corrected chi connectivity index (χ2v) is 4.33. The van der Waals surface area contributed by atoms with Crippen LogP contribution < -0.4 is 0 Å². The molecular formula is C6H2ClFI2. The van der Waals surface area contributed by atoms with Crippen molar-refractivity contribution in [2.75, 3.05) is 0 Å². The predicted octanol–water partition coefficient (Wildman–Crippen LogP) is 3.69. The van der Waals surface area contributed by atoms with Crippen LogP contribution in [0.25, 0.3) is 0 Å². The minimum atomic E-state index is -0.283. The Morgan fingerprint density at radius 3 is 2.40 bits per heavy atom. The molecule has 0 amide bonds. The highest BCUT2D eigenvalue weighted by Gasteiger charge is 2.03. The Morgan fingerprint density at radius 2 is 1.90 bits per heavy atom. The van der Waals surface area contributed by atoms with Crippen LogP contribution in [0.1, 0.15) is 0 Å². The summed E-state index contributed by atoms with van der Waals surface area (Å²) in [5.74, 6) is -0.283. The molecule has 0 unspecified atom stereocenters. The quantitative estimate of drug-likeness (QED) is 0.365. The molecule has 4 heteroatoms. The maximum Gasteiger partial charge on any atom is 0.125 e. The largest absolute Gasteiger partial charge is 0.207 e. The zero-order valence-electron chi connectivity index (χ0n) is 4.67. The van der Waals surface area contributed by atoms with Crippen LogP contribution in [0.3, 0.4) is 0 Å². The number of hydrogen-bond acceptors (Lipinski definition) is 0. The molecule has 0 spiro atoms. The van der Waals surface area contributed by atoms with Crippen LogP contribution in [0.15, 0.2) is 12.1 Å². The minimum Gasteiger partial charge on any atom is -0.207 e. The summed E-state index contributed by atoms with van der Waals surface area (Å²) in [7, 11) is 0. The standard InChI is InChI=1S/C6H2ClFI2/c7-4-1-3(8)2-5(9)6(4)10/h1-2H. The fraction of sp³-hybridized carbons (Fsp3) is 0. The summed E-state index contributed by atoms with van der Waals surface area (Å²) in [6.07, 6.45) is 0. The van der Waals surface area contributed by atoms with E-state index in [1.54, 1.807) is 0 Å². The van der Waals surface area contributed by atoms with Gasteiger partial charge in [0.2, 0.25) is 0 Å². The van der Waals surface area contributed by atoms with Crippen molar-refractivity contribution in [2.24, 2.45) is 0 Å². The molecule has 0 heterocycles. The van der Waals surface area contributed by atoms with E-state index in [-0.39, 0.29) is 5.82 Å². The molecule has 1 aromatic carbocycles. The number of rotatable bonds is 0. The maximum atomic E-state index is 12.5. The highest BCUT2D eigenvalue weighted by Crippen LogP contribution is 2.24. The minimum absolute atomic E-state index is 0.283. The van der Waals surface area contributed by atoms with Crippen LogP contribution in [0.4, 0.5) is 4.39 Å². The van der Waals surface area contributed by atoms with Crippen LogP contribution in [0.2, 0.25) is 5.02 Å². The van der Waals surface area contributed by atoms with Crippen LogP contribution in [0, 0.1) is 13.0 Å². The molecule has 0 saturated carbocycles. The molecule has 0 N–H and O–H groups in total. The first-order valence-corrected chi connectivity index (χ1v) is 4.95. The Bertz CT molecular complexity index is 239. The van der Waals surface area contributed by atoms with E-state index in [9.17, 15) is 4.39 Å². The Morgan fingerprint density at radius 1 is 1.30 bits per heavy atom. The van der Waals surface area contributed by atoms with Gasteiger partial charge in [0, 0.05) is 7.14 Å². The molecular weight excluding hydrogens is 380 g/mol. The summed E-state index contributed by atoms with van der Waals surface area (Å²) in [6.45, 7) is 0. The molecule has 10 heavy (non-hydrogen) atoms. The van der Waals surface area contributed by atoms with Crippen LogP contribution in [-0.4, -0.2) is 0 Å². The Labute approximate surface area is 90.4 Å². The van der Waals surface area contributed by atoms with E-state index in [4.69, 9.17) is 11.6 Å². The van der Waals surface area contributed by atoms with E-state index < -0.39 is 0 Å². The van der Waals surface area contributed by atoms with E-state index >= 15 is 0 Å². The fourth-order valence-electron chi connectivity index (χ4n) is 0.525. The van der Waals surface area contributed by atoms with Crippen molar-refractivity contribution in [2.45, 2.75) is 0 Å². The molecule has 0 bridgehead atoms. The molecule has 0 atom stereocenters. The van der Waals surface area contributed by atoms with Gasteiger partial charge in [0.15, 0.2) is 0 Å². The van der Waals surface area contributed by atoms with Gasteiger partial charge >= 0.3 is 0 Å². The Balaban J connectivity index is 3.31. The molecule has 0 radical (unpaired) electrons. The Kier molecular flexibility index (Phi) is 3.18. The topological polar surface area (TPSA) is 0 Å². The first kappa shape index (κ1) is 8.99. The summed E-state index contributed by atoms with van der Waals surface area (Å²) in [6, 6.07) is 2.76. The molecule has 1 rings (SSSR count). The van der Waals surface area contributed by atoms with Crippen molar-refractivity contribution in [3.05, 3.63) is 30.1 Å². The van der Waals surface area contributed by atoms with E-state index in [0.29, 0.717) is 5.02 Å². The van der Waals surface area contributed by atoms with Crippen molar-refractivity contribution in [3.8, 4) is 0 Å². The van der Waals surface area contributed by atoms with Gasteiger partial charge in [0.05, 0.1) is 5.02 Å². The van der Waals surface area contributed by atoms with Crippen LogP contribution >= 0.6 is 56.8 Å². The maximum absolute atomic E-state index is 12.5. The van der Waals surface area contributed by atoms with Gasteiger partial charge in [-0.15, -0.1) is 0 Å². The second-order valence-electron chi connectivity index (χ2n) is 1.68. The summed E-state index contributed by atoms with van der Waals surface area (Å²) in [4.78, 5) is 0. The number of benzene rings is 1. The molecule has 54 valence electrons. The lowest BCUT2D eigenvalue weighted by molar-refractivity contribution is 0.626. The summed E-state index contributed by atoms with van der Waals surface area (Å²) < 4.78 is 14.3. The lowest BCUT2D eigenvalue weighted by atomic mass is 10.3. The Hall–Kier alpha value is 0.900. The molecule has 1 aromatic rings. The summed E-state index contributed by atoms with van der Waals surface area (Å²) in [5, 5.41) is 0.477. The SMILES string of the molecule is Fc1cc(Cl)c(I)c(I)c1. The van der Waals surface area contributed by atoms with Gasteiger partial charge in [-0.25, -0.2) is 4.39 Å². The fourth-order valence-corrected chi connectivity index (χ4v) is 1.79. The highest BCUT2D eigenvalue weighted by atomic mass is 127. The van der Waals surface area contributed by atoms with Crippen molar-refractivity contribution in [1.82, 2.24) is 0 Å². The molecule has 0 saturated heterocycles. The summed E-state index contributed by atoms with van der Waals surface area (Å²) in [5.41, 5.74) is 0. The molecule has 0 fully saturated rings. The third-order valence-electron chi connectivity index (χ3n) is 0.949. The van der Waals surface area contributed by atoms with Crippen molar-refractivity contribution in [1.29, 1.82) is 0 Å². The smallest absolute Gasteiger partial charge is 0.125 e. The highest BCUT2D eigenvalue weighted by molar-refractivity contribution is 14.1. The van der Waals surface area contributed by atoms with E-state index in [2.05, 4.69) is 22.6 Å². The van der Waals surface area contributed by atoms with Crippen molar-refractivity contribution in [3.63, 3.8) is 0 Å². The van der Waals surface area contributed by atoms with E-state index in [1.165, 1.54) is 12.1 Å². The average molecular weight is 382 g/mol. The van der Waals surface area contributed by atoms with Gasteiger partial charge in [-0.3, -0.25) is 0 Å². The zero-order valence-corrected chi connectivity index (χ0v) is 9.74. The van der Waals surface area contributed by atoms with Gasteiger partial charge < -0.3 is 0 Å². The predicted molar refractivity (Wildman–Crippen MR) is 56.8 cm³/mol. The van der Waals surface area contributed by atoms with Crippen molar-refractivity contribution >= 4 is 56.8 Å². The summed E-state index contributed by atoms with van der Waals surface area (Å²) >= 11 is 9.79. The van der Waals surface area contributed by atoms with Gasteiger partial charge in [-0.2, -0.15) is 0 Å². The molecule has 0 aliphatic carbocycles. The molecule has 0 nitrogen and oxygen atoms in total.